The summed E-state index contributed by atoms with van der Waals surface area (Å²) in [6.07, 6.45) is 3.87. The number of halogens is 1. The third kappa shape index (κ3) is 4.21. The topological polar surface area (TPSA) is 54.1 Å². The van der Waals surface area contributed by atoms with Crippen LogP contribution in [0.1, 0.15) is 28.2 Å². The number of aromatic nitrogens is 4. The van der Waals surface area contributed by atoms with Crippen molar-refractivity contribution < 1.29 is 9.47 Å². The summed E-state index contributed by atoms with van der Waals surface area (Å²) in [7, 11) is 3.26. The number of rotatable bonds is 9. The average Bonchev–Trinajstić information content (AvgIpc) is 3.63. The normalized spacial score (nSPS) is 11.6. The molecule has 0 aliphatic heterocycles. The van der Waals surface area contributed by atoms with Gasteiger partial charge in [-0.3, -0.25) is 0 Å². The Morgan fingerprint density at radius 3 is 1.77 bits per heavy atom. The van der Waals surface area contributed by atoms with E-state index in [4.69, 9.17) is 31.2 Å². The quantitative estimate of drug-likeness (QED) is 0.146. The maximum absolute atomic E-state index is 6.35. The van der Waals surface area contributed by atoms with Gasteiger partial charge in [-0.25, -0.2) is 9.67 Å². The first-order valence-corrected chi connectivity index (χ1v) is 13.6. The van der Waals surface area contributed by atoms with Crippen LogP contribution < -0.4 is 9.47 Å². The Morgan fingerprint density at radius 1 is 0.750 bits per heavy atom. The molecule has 0 amide bonds. The highest BCUT2D eigenvalue weighted by Crippen LogP contribution is 2.44. The number of methoxy groups -OCH3 is 2. The molecule has 4 aromatic carbocycles. The zero-order chi connectivity index (χ0) is 27.5. The molecule has 6 rings (SSSR count). The van der Waals surface area contributed by atoms with E-state index in [9.17, 15) is 0 Å². The van der Waals surface area contributed by atoms with Gasteiger partial charge in [0.25, 0.3) is 0 Å². The monoisotopic (exact) mass is 548 g/mol. The maximum Gasteiger partial charge on any atom is 0.162 e. The Morgan fingerprint density at radius 2 is 1.27 bits per heavy atom. The molecule has 0 saturated heterocycles. The van der Waals surface area contributed by atoms with Gasteiger partial charge >= 0.3 is 0 Å². The summed E-state index contributed by atoms with van der Waals surface area (Å²) < 4.78 is 15.3. The van der Waals surface area contributed by atoms with Gasteiger partial charge in [0.05, 0.1) is 31.3 Å². The average molecular weight is 549 g/mol. The van der Waals surface area contributed by atoms with Crippen LogP contribution in [0.25, 0.3) is 10.9 Å². The van der Waals surface area contributed by atoms with Gasteiger partial charge in [0, 0.05) is 23.8 Å². The Balaban J connectivity index is 1.59. The van der Waals surface area contributed by atoms with E-state index in [0.717, 1.165) is 39.1 Å². The van der Waals surface area contributed by atoms with Gasteiger partial charge in [-0.1, -0.05) is 91.0 Å². The predicted octanol–water partition coefficient (Wildman–Crippen LogP) is 6.88. The molecule has 2 heterocycles. The van der Waals surface area contributed by atoms with E-state index in [2.05, 4.69) is 77.4 Å². The highest BCUT2D eigenvalue weighted by molar-refractivity contribution is 6.17. The number of fused-ring (bicyclic) bond motifs is 1. The number of hydrogen-bond donors (Lipinski definition) is 0. The van der Waals surface area contributed by atoms with Crippen molar-refractivity contribution in [3.8, 4) is 11.5 Å². The maximum atomic E-state index is 6.35. The number of alkyl halides is 1. The van der Waals surface area contributed by atoms with Gasteiger partial charge in [0.1, 0.15) is 17.9 Å². The van der Waals surface area contributed by atoms with Crippen molar-refractivity contribution in [2.75, 3.05) is 14.2 Å². The molecule has 2 aromatic heterocycles. The second-order valence-electron chi connectivity index (χ2n) is 9.51. The molecule has 0 unspecified atom stereocenters. The minimum Gasteiger partial charge on any atom is -0.493 e. The van der Waals surface area contributed by atoms with E-state index in [1.807, 2.05) is 47.4 Å². The highest BCUT2D eigenvalue weighted by Gasteiger charge is 2.42. The van der Waals surface area contributed by atoms with Crippen LogP contribution in [0, 0.1) is 0 Å². The van der Waals surface area contributed by atoms with Crippen molar-refractivity contribution in [3.63, 3.8) is 0 Å². The fourth-order valence-corrected chi connectivity index (χ4v) is 5.82. The zero-order valence-corrected chi connectivity index (χ0v) is 23.1. The van der Waals surface area contributed by atoms with E-state index < -0.39 is 5.41 Å². The van der Waals surface area contributed by atoms with Gasteiger partial charge in [-0.2, -0.15) is 5.10 Å². The molecule has 200 valence electrons. The Hall–Kier alpha value is -4.55. The molecule has 40 heavy (non-hydrogen) atoms. The summed E-state index contributed by atoms with van der Waals surface area (Å²) in [5.41, 5.74) is 4.37. The summed E-state index contributed by atoms with van der Waals surface area (Å²) in [5.74, 6) is 2.43. The van der Waals surface area contributed by atoms with Crippen molar-refractivity contribution >= 4 is 22.5 Å². The zero-order valence-electron chi connectivity index (χ0n) is 22.4. The second-order valence-corrected chi connectivity index (χ2v) is 9.78. The van der Waals surface area contributed by atoms with E-state index >= 15 is 0 Å². The van der Waals surface area contributed by atoms with E-state index in [0.29, 0.717) is 18.2 Å². The van der Waals surface area contributed by atoms with E-state index in [-0.39, 0.29) is 5.88 Å². The van der Waals surface area contributed by atoms with Crippen LogP contribution in [0.4, 0.5) is 0 Å². The molecule has 0 aliphatic rings. The van der Waals surface area contributed by atoms with Crippen LogP contribution in [0.3, 0.4) is 0 Å². The second kappa shape index (κ2) is 10.9. The number of hydrogen-bond acceptors (Lipinski definition) is 4. The molecule has 0 fully saturated rings. The lowest BCUT2D eigenvalue weighted by molar-refractivity contribution is 0.355. The summed E-state index contributed by atoms with van der Waals surface area (Å²) in [4.78, 5) is 5.03. The van der Waals surface area contributed by atoms with Crippen molar-refractivity contribution in [1.82, 2.24) is 19.3 Å². The summed E-state index contributed by atoms with van der Waals surface area (Å²) in [6, 6.07) is 35.5. The lowest BCUT2D eigenvalue weighted by atomic mass is 9.68. The number of benzene rings is 4. The fraction of sp³-hybridized carbons (Fsp3) is 0.152. The van der Waals surface area contributed by atoms with Crippen molar-refractivity contribution in [3.05, 3.63) is 144 Å². The third-order valence-corrected chi connectivity index (χ3v) is 7.67. The van der Waals surface area contributed by atoms with E-state index in [1.165, 1.54) is 0 Å². The first-order valence-electron chi connectivity index (χ1n) is 13.1. The predicted molar refractivity (Wildman–Crippen MR) is 158 cm³/mol. The molecule has 7 heteroatoms. The lowest BCUT2D eigenvalue weighted by Crippen LogP contribution is -2.35. The van der Waals surface area contributed by atoms with Crippen LogP contribution in [-0.4, -0.2) is 33.6 Å². The number of nitrogens with zero attached hydrogens (tertiary/aromatic N) is 4. The Kier molecular flexibility index (Phi) is 7.01. The lowest BCUT2D eigenvalue weighted by Gasteiger charge is -2.36. The standard InChI is InChI=1S/C33H29ClN4O2/c1-39-30-20-27-28(22-34)36-38(29(27)21-31(30)40-2)23-37-19-18-35-32(37)33(24-12-6-3-7-13-24,25-14-8-4-9-15-25)26-16-10-5-11-17-26/h3-21H,22-23H2,1-2H3. The molecule has 0 spiro atoms. The molecule has 0 atom stereocenters. The van der Waals surface area contributed by atoms with Crippen molar-refractivity contribution in [2.45, 2.75) is 18.0 Å². The molecule has 0 N–H and O–H groups in total. The minimum absolute atomic E-state index is 0.276. The van der Waals surface area contributed by atoms with Crippen LogP contribution in [0.5, 0.6) is 11.5 Å². The summed E-state index contributed by atoms with van der Waals surface area (Å²) in [6.45, 7) is 0.423. The SMILES string of the molecule is COc1cc2c(CCl)nn(Cn3ccnc3C(c3ccccc3)(c3ccccc3)c3ccccc3)c2cc1OC. The molecule has 6 aromatic rings. The van der Waals surface area contributed by atoms with Gasteiger partial charge in [-0.05, 0) is 22.8 Å². The van der Waals surface area contributed by atoms with E-state index in [1.54, 1.807) is 14.2 Å². The fourth-order valence-electron chi connectivity index (χ4n) is 5.62. The summed E-state index contributed by atoms with van der Waals surface area (Å²) >= 11 is 6.35. The Labute approximate surface area is 238 Å². The van der Waals surface area contributed by atoms with Crippen LogP contribution in [-0.2, 0) is 18.0 Å². The first kappa shape index (κ1) is 25.7. The smallest absolute Gasteiger partial charge is 0.162 e. The van der Waals surface area contributed by atoms with Crippen LogP contribution >= 0.6 is 11.6 Å². The molecule has 6 nitrogen and oxygen atoms in total. The molecule has 0 bridgehead atoms. The van der Waals surface area contributed by atoms with Gasteiger partial charge in [-0.15, -0.1) is 11.6 Å². The molecular weight excluding hydrogens is 520 g/mol. The third-order valence-electron chi connectivity index (χ3n) is 7.42. The molecular formula is C33H29ClN4O2. The van der Waals surface area contributed by atoms with Gasteiger partial charge in [0.2, 0.25) is 0 Å². The molecule has 0 radical (unpaired) electrons. The van der Waals surface area contributed by atoms with Gasteiger partial charge < -0.3 is 14.0 Å². The van der Waals surface area contributed by atoms with Crippen LogP contribution in [0.2, 0.25) is 0 Å². The van der Waals surface area contributed by atoms with Crippen LogP contribution in [0.15, 0.2) is 116 Å². The Bertz CT molecular complexity index is 1630. The van der Waals surface area contributed by atoms with Gasteiger partial charge in [0.15, 0.2) is 11.5 Å². The molecule has 0 aliphatic carbocycles. The van der Waals surface area contributed by atoms with Crippen molar-refractivity contribution in [2.24, 2.45) is 0 Å². The first-order chi connectivity index (χ1) is 19.7. The van der Waals surface area contributed by atoms with Crippen molar-refractivity contribution in [1.29, 1.82) is 0 Å². The molecule has 0 saturated carbocycles. The highest BCUT2D eigenvalue weighted by atomic mass is 35.5. The number of imidazole rings is 1. The largest absolute Gasteiger partial charge is 0.493 e. The minimum atomic E-state index is -0.674. The number of ether oxygens (including phenoxy) is 2. The summed E-state index contributed by atoms with van der Waals surface area (Å²) in [5, 5.41) is 5.83.